The Balaban J connectivity index is 1.97. The maximum Gasteiger partial charge on any atom is 0.573 e. The second-order valence-electron chi connectivity index (χ2n) is 5.30. The summed E-state index contributed by atoms with van der Waals surface area (Å²) in [6.07, 6.45) is -3.10. The largest absolute Gasteiger partial charge is 0.573 e. The predicted molar refractivity (Wildman–Crippen MR) is 73.1 cm³/mol. The first-order valence-corrected chi connectivity index (χ1v) is 7.02. The lowest BCUT2D eigenvalue weighted by molar-refractivity contribution is -0.274. The summed E-state index contributed by atoms with van der Waals surface area (Å²) in [5.74, 6) is -0.512. The van der Waals surface area contributed by atoms with Crippen molar-refractivity contribution in [3.8, 4) is 5.75 Å². The minimum Gasteiger partial charge on any atom is -0.406 e. The molecule has 1 aromatic rings. The Labute approximate surface area is 126 Å². The molecule has 0 spiro atoms. The van der Waals surface area contributed by atoms with Crippen LogP contribution in [0.4, 0.5) is 13.2 Å². The van der Waals surface area contributed by atoms with Crippen molar-refractivity contribution in [2.75, 3.05) is 20.3 Å². The summed E-state index contributed by atoms with van der Waals surface area (Å²) in [4.78, 5) is 13.8. The van der Waals surface area contributed by atoms with Crippen LogP contribution in [-0.2, 0) is 16.1 Å². The average Bonchev–Trinajstić information content (AvgIpc) is 2.46. The van der Waals surface area contributed by atoms with Crippen molar-refractivity contribution >= 4 is 5.91 Å². The number of hydrogen-bond donors (Lipinski definition) is 0. The van der Waals surface area contributed by atoms with E-state index in [0.717, 1.165) is 12.8 Å². The molecule has 22 heavy (non-hydrogen) atoms. The molecule has 0 radical (unpaired) electrons. The zero-order chi connectivity index (χ0) is 16.2. The third-order valence-corrected chi connectivity index (χ3v) is 3.44. The van der Waals surface area contributed by atoms with Gasteiger partial charge in [0, 0.05) is 20.2 Å². The van der Waals surface area contributed by atoms with E-state index in [0.29, 0.717) is 18.8 Å². The molecule has 0 aliphatic carbocycles. The number of alkyl halides is 3. The van der Waals surface area contributed by atoms with E-state index in [-0.39, 0.29) is 24.1 Å². The monoisotopic (exact) mass is 317 g/mol. The van der Waals surface area contributed by atoms with Crippen molar-refractivity contribution in [2.24, 2.45) is 5.92 Å². The highest BCUT2D eigenvalue weighted by Gasteiger charge is 2.31. The zero-order valence-electron chi connectivity index (χ0n) is 12.2. The first-order chi connectivity index (χ1) is 10.3. The van der Waals surface area contributed by atoms with Crippen molar-refractivity contribution in [3.63, 3.8) is 0 Å². The lowest BCUT2D eigenvalue weighted by atomic mass is 10.0. The van der Waals surface area contributed by atoms with Crippen LogP contribution in [0.2, 0.25) is 0 Å². The molecule has 1 saturated heterocycles. The molecule has 1 aliphatic rings. The van der Waals surface area contributed by atoms with Gasteiger partial charge in [-0.15, -0.1) is 13.2 Å². The highest BCUT2D eigenvalue weighted by Crippen LogP contribution is 2.24. The summed E-state index contributed by atoms with van der Waals surface area (Å²) in [6, 6.07) is 5.64. The van der Waals surface area contributed by atoms with Crippen LogP contribution in [0.3, 0.4) is 0 Å². The molecule has 0 N–H and O–H groups in total. The smallest absolute Gasteiger partial charge is 0.406 e. The Hall–Kier alpha value is -1.76. The van der Waals surface area contributed by atoms with E-state index in [9.17, 15) is 18.0 Å². The van der Waals surface area contributed by atoms with Gasteiger partial charge in [-0.1, -0.05) is 12.1 Å². The molecule has 122 valence electrons. The molecule has 1 aliphatic heterocycles. The minimum absolute atomic E-state index is 0.0538. The first kappa shape index (κ1) is 16.6. The van der Waals surface area contributed by atoms with Gasteiger partial charge >= 0.3 is 6.36 Å². The number of benzene rings is 1. The van der Waals surface area contributed by atoms with E-state index in [1.54, 1.807) is 13.1 Å². The summed E-state index contributed by atoms with van der Waals surface area (Å²) in [5, 5.41) is 0. The number of amides is 1. The Bertz CT molecular complexity index is 513. The third kappa shape index (κ3) is 4.91. The Morgan fingerprint density at radius 3 is 2.86 bits per heavy atom. The van der Waals surface area contributed by atoms with Crippen molar-refractivity contribution in [2.45, 2.75) is 25.7 Å². The lowest BCUT2D eigenvalue weighted by Crippen LogP contribution is -2.36. The summed E-state index contributed by atoms with van der Waals surface area (Å²) >= 11 is 0. The zero-order valence-corrected chi connectivity index (χ0v) is 12.2. The molecule has 1 atom stereocenters. The van der Waals surface area contributed by atoms with E-state index in [2.05, 4.69) is 4.74 Å². The number of carbonyl (C=O) groups excluding carboxylic acids is 1. The van der Waals surface area contributed by atoms with Crippen LogP contribution in [0, 0.1) is 5.92 Å². The van der Waals surface area contributed by atoms with Gasteiger partial charge in [-0.3, -0.25) is 4.79 Å². The van der Waals surface area contributed by atoms with Crippen LogP contribution in [0.1, 0.15) is 18.4 Å². The van der Waals surface area contributed by atoms with Gasteiger partial charge in [-0.05, 0) is 30.5 Å². The average molecular weight is 317 g/mol. The van der Waals surface area contributed by atoms with Crippen molar-refractivity contribution in [1.82, 2.24) is 4.90 Å². The van der Waals surface area contributed by atoms with Gasteiger partial charge in [-0.2, -0.15) is 0 Å². The molecule has 1 heterocycles. The van der Waals surface area contributed by atoms with Gasteiger partial charge in [0.2, 0.25) is 5.91 Å². The number of carbonyl (C=O) groups is 1. The van der Waals surface area contributed by atoms with Crippen LogP contribution < -0.4 is 4.74 Å². The van der Waals surface area contributed by atoms with Gasteiger partial charge in [0.1, 0.15) is 5.75 Å². The molecular weight excluding hydrogens is 299 g/mol. The molecule has 1 unspecified atom stereocenters. The SMILES string of the molecule is CN(Cc1cccc(OC(F)(F)F)c1)C(=O)C1CCCOC1. The number of nitrogens with zero attached hydrogens (tertiary/aromatic N) is 1. The van der Waals surface area contributed by atoms with Gasteiger partial charge < -0.3 is 14.4 Å². The summed E-state index contributed by atoms with van der Waals surface area (Å²) in [7, 11) is 1.63. The highest BCUT2D eigenvalue weighted by atomic mass is 19.4. The third-order valence-electron chi connectivity index (χ3n) is 3.44. The van der Waals surface area contributed by atoms with E-state index in [1.165, 1.54) is 23.1 Å². The minimum atomic E-state index is -4.72. The van der Waals surface area contributed by atoms with Gasteiger partial charge in [-0.25, -0.2) is 0 Å². The molecule has 0 aromatic heterocycles. The van der Waals surface area contributed by atoms with Crippen LogP contribution in [0.15, 0.2) is 24.3 Å². The fourth-order valence-electron chi connectivity index (χ4n) is 2.44. The molecule has 2 rings (SSSR count). The standard InChI is InChI=1S/C15H18F3NO3/c1-19(14(20)12-5-3-7-21-10-12)9-11-4-2-6-13(8-11)22-15(16,17)18/h2,4,6,8,12H,3,5,7,9-10H2,1H3. The maximum absolute atomic E-state index is 12.3. The van der Waals surface area contributed by atoms with Gasteiger partial charge in [0.05, 0.1) is 12.5 Å². The van der Waals surface area contributed by atoms with Crippen LogP contribution in [0.5, 0.6) is 5.75 Å². The van der Waals surface area contributed by atoms with E-state index >= 15 is 0 Å². The number of hydrogen-bond acceptors (Lipinski definition) is 3. The second kappa shape index (κ2) is 7.00. The van der Waals surface area contributed by atoms with Crippen LogP contribution in [0.25, 0.3) is 0 Å². The quantitative estimate of drug-likeness (QED) is 0.857. The van der Waals surface area contributed by atoms with Crippen LogP contribution in [-0.4, -0.2) is 37.4 Å². The van der Waals surface area contributed by atoms with E-state index < -0.39 is 6.36 Å². The number of halogens is 3. The fourth-order valence-corrected chi connectivity index (χ4v) is 2.44. The second-order valence-corrected chi connectivity index (χ2v) is 5.30. The summed E-state index contributed by atoms with van der Waals surface area (Å²) < 4.78 is 45.8. The molecule has 0 bridgehead atoms. The van der Waals surface area contributed by atoms with Gasteiger partial charge in [0.25, 0.3) is 0 Å². The highest BCUT2D eigenvalue weighted by molar-refractivity contribution is 5.78. The van der Waals surface area contributed by atoms with Gasteiger partial charge in [0.15, 0.2) is 0 Å². The van der Waals surface area contributed by atoms with E-state index in [4.69, 9.17) is 4.74 Å². The molecule has 0 saturated carbocycles. The molecule has 1 amide bonds. The fraction of sp³-hybridized carbons (Fsp3) is 0.533. The van der Waals surface area contributed by atoms with E-state index in [1.807, 2.05) is 0 Å². The van der Waals surface area contributed by atoms with Crippen molar-refractivity contribution < 1.29 is 27.4 Å². The molecule has 1 fully saturated rings. The number of rotatable bonds is 4. The molecule has 4 nitrogen and oxygen atoms in total. The molecule has 1 aromatic carbocycles. The molecule has 7 heteroatoms. The normalized spacial score (nSPS) is 18.8. The number of ether oxygens (including phenoxy) is 2. The molecular formula is C15H18F3NO3. The van der Waals surface area contributed by atoms with Crippen molar-refractivity contribution in [3.05, 3.63) is 29.8 Å². The maximum atomic E-state index is 12.3. The predicted octanol–water partition coefficient (Wildman–Crippen LogP) is 2.97. The summed E-state index contributed by atoms with van der Waals surface area (Å²) in [5.41, 5.74) is 0.578. The first-order valence-electron chi connectivity index (χ1n) is 7.02. The lowest BCUT2D eigenvalue weighted by Gasteiger charge is -2.26. The topological polar surface area (TPSA) is 38.8 Å². The Morgan fingerprint density at radius 2 is 2.23 bits per heavy atom. The summed E-state index contributed by atoms with van der Waals surface area (Å²) in [6.45, 7) is 1.30. The Morgan fingerprint density at radius 1 is 1.45 bits per heavy atom. The Kier molecular flexibility index (Phi) is 5.28. The van der Waals surface area contributed by atoms with Crippen molar-refractivity contribution in [1.29, 1.82) is 0 Å². The van der Waals surface area contributed by atoms with Crippen LogP contribution >= 0.6 is 0 Å².